The number of hydrogen-bond donors (Lipinski definition) is 2. The molecule has 0 radical (unpaired) electrons. The lowest BCUT2D eigenvalue weighted by Gasteiger charge is -2.35. The summed E-state index contributed by atoms with van der Waals surface area (Å²) < 4.78 is 30.5. The molecule has 1 aromatic carbocycles. The van der Waals surface area contributed by atoms with Gasteiger partial charge in [0.25, 0.3) is 0 Å². The molecule has 0 bridgehead atoms. The van der Waals surface area contributed by atoms with Crippen LogP contribution < -0.4 is 10.0 Å². The van der Waals surface area contributed by atoms with E-state index >= 15 is 0 Å². The summed E-state index contributed by atoms with van der Waals surface area (Å²) in [4.78, 5) is 6.53. The van der Waals surface area contributed by atoms with Crippen molar-refractivity contribution in [2.75, 3.05) is 46.1 Å². The number of nitrogens with zero attached hydrogens (tertiary/aromatic N) is 2. The molecule has 2 N–H and O–H groups in total. The lowest BCUT2D eigenvalue weighted by atomic mass is 10.0. The van der Waals surface area contributed by atoms with Gasteiger partial charge in [0.2, 0.25) is 10.0 Å². The van der Waals surface area contributed by atoms with Gasteiger partial charge >= 0.3 is 0 Å². The summed E-state index contributed by atoms with van der Waals surface area (Å²) in [5.74, 6) is 0.821. The van der Waals surface area contributed by atoms with E-state index in [0.717, 1.165) is 19.0 Å². The van der Waals surface area contributed by atoms with Crippen LogP contribution in [0.1, 0.15) is 23.7 Å². The number of rotatable bonds is 6. The van der Waals surface area contributed by atoms with Gasteiger partial charge in [-0.25, -0.2) is 13.1 Å². The molecule has 1 atom stereocenters. The Morgan fingerprint density at radius 3 is 2.80 bits per heavy atom. The first kappa shape index (κ1) is 19.7. The molecule has 0 aromatic heterocycles. The predicted molar refractivity (Wildman–Crippen MR) is 100 cm³/mol. The minimum Gasteiger partial charge on any atom is -0.370 e. The summed E-state index contributed by atoms with van der Waals surface area (Å²) in [5.41, 5.74) is 2.43. The number of sulfonamides is 1. The minimum atomic E-state index is -3.13. The maximum absolute atomic E-state index is 11.1. The van der Waals surface area contributed by atoms with E-state index in [9.17, 15) is 8.42 Å². The van der Waals surface area contributed by atoms with E-state index in [1.165, 1.54) is 17.4 Å². The fourth-order valence-corrected chi connectivity index (χ4v) is 3.37. The molecule has 140 valence electrons. The topological polar surface area (TPSA) is 83.0 Å². The van der Waals surface area contributed by atoms with E-state index in [1.807, 2.05) is 12.1 Å². The first-order valence-electron chi connectivity index (χ1n) is 8.48. The minimum absolute atomic E-state index is 0.0281. The zero-order chi connectivity index (χ0) is 18.3. The van der Waals surface area contributed by atoms with Crippen molar-refractivity contribution in [2.24, 2.45) is 4.99 Å². The quantitative estimate of drug-likeness (QED) is 0.443. The van der Waals surface area contributed by atoms with Crippen LogP contribution in [0.25, 0.3) is 0 Å². The number of benzene rings is 1. The Bertz CT molecular complexity index is 691. The number of nitrogens with one attached hydrogen (secondary N) is 2. The summed E-state index contributed by atoms with van der Waals surface area (Å²) in [6, 6.07) is 8.27. The van der Waals surface area contributed by atoms with E-state index in [-0.39, 0.29) is 6.10 Å². The Hall–Kier alpha value is -1.64. The van der Waals surface area contributed by atoms with Gasteiger partial charge in [-0.3, -0.25) is 4.99 Å². The van der Waals surface area contributed by atoms with Crippen molar-refractivity contribution in [2.45, 2.75) is 19.4 Å². The normalized spacial score (nSPS) is 19.1. The SMILES string of the molecule is CN=C(NCCCNS(C)(=O)=O)N1CCOC(c2ccccc2C)C1. The van der Waals surface area contributed by atoms with Crippen LogP contribution in [0.4, 0.5) is 0 Å². The number of guanidine groups is 1. The number of morpholine rings is 1. The van der Waals surface area contributed by atoms with Crippen LogP contribution in [0.5, 0.6) is 0 Å². The smallest absolute Gasteiger partial charge is 0.208 e. The van der Waals surface area contributed by atoms with Crippen LogP contribution in [0.3, 0.4) is 0 Å². The van der Waals surface area contributed by atoms with E-state index in [4.69, 9.17) is 4.74 Å². The van der Waals surface area contributed by atoms with Gasteiger partial charge in [-0.05, 0) is 24.5 Å². The summed E-state index contributed by atoms with van der Waals surface area (Å²) in [7, 11) is -1.37. The highest BCUT2D eigenvalue weighted by atomic mass is 32.2. The molecule has 1 fully saturated rings. The molecule has 0 aliphatic carbocycles. The average Bonchev–Trinajstić information content (AvgIpc) is 2.58. The van der Waals surface area contributed by atoms with Crippen LogP contribution in [-0.4, -0.2) is 65.4 Å². The molecule has 1 heterocycles. The Balaban J connectivity index is 1.87. The number of aliphatic imine (C=N–C) groups is 1. The highest BCUT2D eigenvalue weighted by Gasteiger charge is 2.24. The monoisotopic (exact) mass is 368 g/mol. The molecule has 1 aromatic rings. The average molecular weight is 369 g/mol. The molecule has 8 heteroatoms. The zero-order valence-electron chi connectivity index (χ0n) is 15.2. The largest absolute Gasteiger partial charge is 0.370 e. The van der Waals surface area contributed by atoms with Crippen LogP contribution in [0.2, 0.25) is 0 Å². The summed E-state index contributed by atoms with van der Waals surface area (Å²) in [6.07, 6.45) is 1.89. The van der Waals surface area contributed by atoms with Crippen LogP contribution in [-0.2, 0) is 14.8 Å². The Morgan fingerprint density at radius 1 is 1.36 bits per heavy atom. The van der Waals surface area contributed by atoms with Crippen LogP contribution in [0, 0.1) is 6.92 Å². The van der Waals surface area contributed by atoms with Gasteiger partial charge < -0.3 is 15.0 Å². The fourth-order valence-electron chi connectivity index (χ4n) is 2.86. The van der Waals surface area contributed by atoms with Gasteiger partial charge in [0.15, 0.2) is 5.96 Å². The second kappa shape index (κ2) is 9.17. The molecule has 0 spiro atoms. The summed E-state index contributed by atoms with van der Waals surface area (Å²) >= 11 is 0. The van der Waals surface area contributed by atoms with Gasteiger partial charge in [-0.1, -0.05) is 24.3 Å². The van der Waals surface area contributed by atoms with Crippen LogP contribution in [0.15, 0.2) is 29.3 Å². The molecule has 0 amide bonds. The second-order valence-corrected chi connectivity index (χ2v) is 7.99. The predicted octanol–water partition coefficient (Wildman–Crippen LogP) is 0.883. The van der Waals surface area contributed by atoms with Crippen LogP contribution >= 0.6 is 0 Å². The lowest BCUT2D eigenvalue weighted by molar-refractivity contribution is -0.00830. The van der Waals surface area contributed by atoms with Gasteiger partial charge in [0, 0.05) is 26.7 Å². The van der Waals surface area contributed by atoms with Gasteiger partial charge in [-0.15, -0.1) is 0 Å². The van der Waals surface area contributed by atoms with Crippen molar-refractivity contribution in [3.05, 3.63) is 35.4 Å². The van der Waals surface area contributed by atoms with Gasteiger partial charge in [0.1, 0.15) is 6.10 Å². The number of ether oxygens (including phenoxy) is 1. The summed E-state index contributed by atoms with van der Waals surface area (Å²) in [5, 5.41) is 3.30. The fraction of sp³-hybridized carbons (Fsp3) is 0.588. The molecule has 1 saturated heterocycles. The molecule has 1 aliphatic rings. The highest BCUT2D eigenvalue weighted by molar-refractivity contribution is 7.88. The van der Waals surface area contributed by atoms with Gasteiger partial charge in [0.05, 0.1) is 19.4 Å². The third-order valence-corrected chi connectivity index (χ3v) is 4.84. The molecule has 25 heavy (non-hydrogen) atoms. The first-order chi connectivity index (χ1) is 11.9. The van der Waals surface area contributed by atoms with E-state index in [2.05, 4.69) is 39.0 Å². The standard InChI is InChI=1S/C17H28N4O3S/c1-14-7-4-5-8-15(14)16-13-21(11-12-24-16)17(18-2)19-9-6-10-20-25(3,22)23/h4-5,7-8,16,20H,6,9-13H2,1-3H3,(H,18,19). The first-order valence-corrected chi connectivity index (χ1v) is 10.4. The lowest BCUT2D eigenvalue weighted by Crippen LogP contribution is -2.48. The molecule has 2 rings (SSSR count). The number of aryl methyl sites for hydroxylation is 1. The van der Waals surface area contributed by atoms with E-state index in [0.29, 0.717) is 26.1 Å². The van der Waals surface area contributed by atoms with E-state index < -0.39 is 10.0 Å². The Labute approximate surface area is 150 Å². The van der Waals surface area contributed by atoms with Crippen molar-refractivity contribution >= 4 is 16.0 Å². The van der Waals surface area contributed by atoms with Crippen molar-refractivity contribution in [3.63, 3.8) is 0 Å². The molecule has 0 saturated carbocycles. The van der Waals surface area contributed by atoms with Crippen molar-refractivity contribution in [1.82, 2.24) is 14.9 Å². The molecular weight excluding hydrogens is 340 g/mol. The van der Waals surface area contributed by atoms with Crippen molar-refractivity contribution in [3.8, 4) is 0 Å². The van der Waals surface area contributed by atoms with Crippen molar-refractivity contribution in [1.29, 1.82) is 0 Å². The van der Waals surface area contributed by atoms with Crippen molar-refractivity contribution < 1.29 is 13.2 Å². The molecule has 1 aliphatic heterocycles. The van der Waals surface area contributed by atoms with Gasteiger partial charge in [-0.2, -0.15) is 0 Å². The Kier molecular flexibility index (Phi) is 7.22. The third-order valence-electron chi connectivity index (χ3n) is 4.11. The summed E-state index contributed by atoms with van der Waals surface area (Å²) in [6.45, 7) is 5.34. The zero-order valence-corrected chi connectivity index (χ0v) is 16.0. The highest BCUT2D eigenvalue weighted by Crippen LogP contribution is 2.24. The second-order valence-electron chi connectivity index (χ2n) is 6.16. The Morgan fingerprint density at radius 2 is 2.12 bits per heavy atom. The molecular formula is C17H28N4O3S. The van der Waals surface area contributed by atoms with E-state index in [1.54, 1.807) is 7.05 Å². The molecule has 1 unspecified atom stereocenters. The maximum atomic E-state index is 11.1. The number of hydrogen-bond acceptors (Lipinski definition) is 4. The maximum Gasteiger partial charge on any atom is 0.208 e. The molecule has 7 nitrogen and oxygen atoms in total. The third kappa shape index (κ3) is 6.30.